The molecule has 0 saturated heterocycles. The summed E-state index contributed by atoms with van der Waals surface area (Å²) in [6.45, 7) is 0. The Bertz CT molecular complexity index is 507. The second-order valence-electron chi connectivity index (χ2n) is 2.60. The molecule has 0 fully saturated rings. The topological polar surface area (TPSA) is 115 Å². The van der Waals surface area contributed by atoms with Gasteiger partial charge in [0.1, 0.15) is 12.1 Å². The number of nitrogens with one attached hydrogen (secondary N) is 1. The van der Waals surface area contributed by atoms with E-state index < -0.39 is 4.92 Å². The van der Waals surface area contributed by atoms with Gasteiger partial charge in [0, 0.05) is 12.1 Å². The summed E-state index contributed by atoms with van der Waals surface area (Å²) >= 11 is 0. The van der Waals surface area contributed by atoms with Crippen molar-refractivity contribution in [3.63, 3.8) is 0 Å². The molecule has 7 nitrogen and oxygen atoms in total. The maximum Gasteiger partial charge on any atom is 0.271 e. The summed E-state index contributed by atoms with van der Waals surface area (Å²) in [6, 6.07) is 8.67. The van der Waals surface area contributed by atoms with E-state index in [0.717, 1.165) is 0 Å². The molecule has 0 aliphatic rings. The molecule has 0 radical (unpaired) electrons. The van der Waals surface area contributed by atoms with Gasteiger partial charge in [-0.3, -0.25) is 15.5 Å². The Morgan fingerprint density at radius 3 is 2.69 bits per heavy atom. The van der Waals surface area contributed by atoms with Crippen molar-refractivity contribution in [2.24, 2.45) is 5.10 Å². The van der Waals surface area contributed by atoms with Crippen LogP contribution in [0.2, 0.25) is 0 Å². The molecule has 0 bridgehead atoms. The lowest BCUT2D eigenvalue weighted by molar-refractivity contribution is -0.384. The molecule has 0 heterocycles. The number of hydrogen-bond acceptors (Lipinski definition) is 6. The number of nitro groups is 1. The number of nitro benzene ring substituents is 1. The Kier molecular flexibility index (Phi) is 3.54. The minimum Gasteiger partial charge on any atom is -0.276 e. The third-order valence-electron chi connectivity index (χ3n) is 1.57. The van der Waals surface area contributed by atoms with Crippen LogP contribution in [0.3, 0.4) is 0 Å². The standard InChI is InChI=1S/C9H5N5O2/c10-5-8(6-11)13-12-7-2-1-3-9(4-7)14(15)16/h1-4,12H. The smallest absolute Gasteiger partial charge is 0.271 e. The maximum absolute atomic E-state index is 10.4. The van der Waals surface area contributed by atoms with Crippen molar-refractivity contribution in [3.05, 3.63) is 34.4 Å². The van der Waals surface area contributed by atoms with Crippen molar-refractivity contribution in [1.82, 2.24) is 0 Å². The van der Waals surface area contributed by atoms with Gasteiger partial charge in [-0.1, -0.05) is 6.07 Å². The van der Waals surface area contributed by atoms with Gasteiger partial charge in [-0.25, -0.2) is 0 Å². The first kappa shape index (κ1) is 11.1. The van der Waals surface area contributed by atoms with E-state index in [1.807, 2.05) is 0 Å². The number of non-ortho nitro benzene ring substituents is 1. The van der Waals surface area contributed by atoms with Crippen LogP contribution >= 0.6 is 0 Å². The summed E-state index contributed by atoms with van der Waals surface area (Å²) in [7, 11) is 0. The third-order valence-corrected chi connectivity index (χ3v) is 1.57. The van der Waals surface area contributed by atoms with Gasteiger partial charge in [0.05, 0.1) is 10.6 Å². The number of anilines is 1. The molecule has 0 aromatic heterocycles. The van der Waals surface area contributed by atoms with E-state index in [2.05, 4.69) is 10.5 Å². The summed E-state index contributed by atoms with van der Waals surface area (Å²) in [5.74, 6) is 0. The predicted octanol–water partition coefficient (Wildman–Crippen LogP) is 1.41. The molecule has 7 heteroatoms. The highest BCUT2D eigenvalue weighted by molar-refractivity contribution is 6.10. The van der Waals surface area contributed by atoms with Crippen molar-refractivity contribution < 1.29 is 4.92 Å². The summed E-state index contributed by atoms with van der Waals surface area (Å²) in [5, 5.41) is 30.7. The summed E-state index contributed by atoms with van der Waals surface area (Å²) in [4.78, 5) is 9.89. The molecular formula is C9H5N5O2. The first-order valence-electron chi connectivity index (χ1n) is 4.05. The van der Waals surface area contributed by atoms with Gasteiger partial charge >= 0.3 is 0 Å². The van der Waals surface area contributed by atoms with Crippen LogP contribution in [0.5, 0.6) is 0 Å². The minimum absolute atomic E-state index is 0.101. The fraction of sp³-hybridized carbons (Fsp3) is 0. The highest BCUT2D eigenvalue weighted by Gasteiger charge is 2.04. The summed E-state index contributed by atoms with van der Waals surface area (Å²) in [6.07, 6.45) is 0. The van der Waals surface area contributed by atoms with Crippen LogP contribution in [-0.2, 0) is 0 Å². The first-order valence-corrected chi connectivity index (χ1v) is 4.05. The van der Waals surface area contributed by atoms with Crippen LogP contribution in [0, 0.1) is 32.8 Å². The molecule has 0 unspecified atom stereocenters. The number of benzene rings is 1. The van der Waals surface area contributed by atoms with Crippen LogP contribution in [0.4, 0.5) is 11.4 Å². The quantitative estimate of drug-likeness (QED) is 0.465. The first-order chi connectivity index (χ1) is 7.67. The van der Waals surface area contributed by atoms with Crippen molar-refractivity contribution >= 4 is 17.1 Å². The molecule has 1 aromatic carbocycles. The van der Waals surface area contributed by atoms with Crippen LogP contribution in [0.25, 0.3) is 0 Å². The lowest BCUT2D eigenvalue weighted by atomic mass is 10.3. The molecule has 0 aliphatic carbocycles. The predicted molar refractivity (Wildman–Crippen MR) is 55.4 cm³/mol. The zero-order valence-corrected chi connectivity index (χ0v) is 7.91. The maximum atomic E-state index is 10.4. The van der Waals surface area contributed by atoms with Crippen molar-refractivity contribution in [2.45, 2.75) is 0 Å². The van der Waals surface area contributed by atoms with E-state index in [0.29, 0.717) is 5.69 Å². The minimum atomic E-state index is -0.551. The molecule has 1 rings (SSSR count). The second-order valence-corrected chi connectivity index (χ2v) is 2.60. The molecule has 78 valence electrons. The Morgan fingerprint density at radius 2 is 2.12 bits per heavy atom. The van der Waals surface area contributed by atoms with E-state index >= 15 is 0 Å². The molecule has 0 saturated carbocycles. The normalized spacial score (nSPS) is 8.38. The average Bonchev–Trinajstić information content (AvgIpc) is 2.31. The molecule has 0 amide bonds. The molecule has 1 N–H and O–H groups in total. The van der Waals surface area contributed by atoms with Gasteiger partial charge in [-0.2, -0.15) is 15.6 Å². The van der Waals surface area contributed by atoms with Gasteiger partial charge < -0.3 is 0 Å². The van der Waals surface area contributed by atoms with E-state index in [9.17, 15) is 10.1 Å². The van der Waals surface area contributed by atoms with E-state index in [4.69, 9.17) is 10.5 Å². The Hall–Kier alpha value is -2.93. The highest BCUT2D eigenvalue weighted by Crippen LogP contribution is 2.16. The molecule has 0 aliphatic heterocycles. The zero-order valence-electron chi connectivity index (χ0n) is 7.91. The zero-order chi connectivity index (χ0) is 12.0. The van der Waals surface area contributed by atoms with Crippen LogP contribution in [-0.4, -0.2) is 10.6 Å². The summed E-state index contributed by atoms with van der Waals surface area (Å²) < 4.78 is 0. The van der Waals surface area contributed by atoms with Crippen molar-refractivity contribution in [2.75, 3.05) is 5.43 Å². The van der Waals surface area contributed by atoms with Crippen LogP contribution in [0.15, 0.2) is 29.4 Å². The van der Waals surface area contributed by atoms with E-state index in [1.165, 1.54) is 24.3 Å². The molecular weight excluding hydrogens is 210 g/mol. The van der Waals surface area contributed by atoms with E-state index in [-0.39, 0.29) is 11.4 Å². The fourth-order valence-electron chi connectivity index (χ4n) is 0.884. The monoisotopic (exact) mass is 215 g/mol. The highest BCUT2D eigenvalue weighted by atomic mass is 16.6. The van der Waals surface area contributed by atoms with Gasteiger partial charge in [0.15, 0.2) is 0 Å². The fourth-order valence-corrected chi connectivity index (χ4v) is 0.884. The Labute approximate surface area is 90.4 Å². The van der Waals surface area contributed by atoms with E-state index in [1.54, 1.807) is 12.1 Å². The Balaban J connectivity index is 2.88. The number of nitrogens with zero attached hydrogens (tertiary/aromatic N) is 4. The number of hydrazone groups is 1. The van der Waals surface area contributed by atoms with Gasteiger partial charge in [-0.05, 0) is 6.07 Å². The molecule has 0 atom stereocenters. The number of hydrogen-bond donors (Lipinski definition) is 1. The third kappa shape index (κ3) is 2.79. The van der Waals surface area contributed by atoms with Crippen LogP contribution < -0.4 is 5.43 Å². The van der Waals surface area contributed by atoms with Gasteiger partial charge in [0.25, 0.3) is 5.69 Å². The molecule has 16 heavy (non-hydrogen) atoms. The second kappa shape index (κ2) is 5.08. The number of nitriles is 2. The number of rotatable bonds is 3. The summed E-state index contributed by atoms with van der Waals surface area (Å²) in [5.41, 5.74) is 2.25. The molecule has 1 aromatic rings. The van der Waals surface area contributed by atoms with Crippen LogP contribution in [0.1, 0.15) is 0 Å². The van der Waals surface area contributed by atoms with Crippen molar-refractivity contribution in [3.8, 4) is 12.1 Å². The largest absolute Gasteiger partial charge is 0.276 e. The van der Waals surface area contributed by atoms with Crippen molar-refractivity contribution in [1.29, 1.82) is 10.5 Å². The lowest BCUT2D eigenvalue weighted by Crippen LogP contribution is -1.97. The Morgan fingerprint density at radius 1 is 1.44 bits per heavy atom. The van der Waals surface area contributed by atoms with Gasteiger partial charge in [0.2, 0.25) is 5.71 Å². The SMILES string of the molecule is N#CC(C#N)=NNc1cccc([N+](=O)[O-])c1. The lowest BCUT2D eigenvalue weighted by Gasteiger charge is -1.98. The van der Waals surface area contributed by atoms with Gasteiger partial charge in [-0.15, -0.1) is 0 Å². The average molecular weight is 215 g/mol. The molecule has 0 spiro atoms.